The highest BCUT2D eigenvalue weighted by atomic mass is 32.2. The van der Waals surface area contributed by atoms with Gasteiger partial charge in [-0.3, -0.25) is 14.5 Å². The molecule has 2 aliphatic heterocycles. The fourth-order valence-electron chi connectivity index (χ4n) is 4.69. The lowest BCUT2D eigenvalue weighted by Crippen LogP contribution is -2.48. The average molecular weight is 541 g/mol. The standard InChI is InChI=1S/C27H32N4O4S2/c1-27(2,3)25-23-24(20-6-5-15-36-20)37-17-22(33)30(16-21(32)29-11-13-35-14-12-29)26(23)31(28-25)18-7-9-19(34-4)10-8-18/h5-10,15,24H,11-14,16-17H2,1-4H3. The maximum absolute atomic E-state index is 13.7. The zero-order valence-corrected chi connectivity index (χ0v) is 23.2. The van der Waals surface area contributed by atoms with Gasteiger partial charge in [-0.2, -0.15) is 5.10 Å². The number of hydrogen-bond donors (Lipinski definition) is 0. The van der Waals surface area contributed by atoms with Crippen molar-refractivity contribution in [3.63, 3.8) is 0 Å². The summed E-state index contributed by atoms with van der Waals surface area (Å²) in [6.45, 7) is 8.48. The highest BCUT2D eigenvalue weighted by Crippen LogP contribution is 2.49. The number of aromatic nitrogens is 2. The zero-order chi connectivity index (χ0) is 26.2. The second-order valence-electron chi connectivity index (χ2n) is 10.1. The first-order valence-corrected chi connectivity index (χ1v) is 14.3. The number of rotatable bonds is 5. The first-order chi connectivity index (χ1) is 17.8. The number of fused-ring (bicyclic) bond motifs is 1. The molecule has 0 N–H and O–H groups in total. The van der Waals surface area contributed by atoms with E-state index in [1.54, 1.807) is 40.0 Å². The van der Waals surface area contributed by atoms with Crippen LogP contribution in [0.15, 0.2) is 41.8 Å². The summed E-state index contributed by atoms with van der Waals surface area (Å²) in [5.74, 6) is 1.51. The number of carbonyl (C=O) groups excluding carboxylic acids is 2. The molecule has 0 saturated carbocycles. The molecule has 2 aromatic heterocycles. The third kappa shape index (κ3) is 5.15. The molecule has 0 radical (unpaired) electrons. The Hall–Kier alpha value is -2.82. The van der Waals surface area contributed by atoms with Gasteiger partial charge in [-0.15, -0.1) is 23.1 Å². The molecule has 8 nitrogen and oxygen atoms in total. The van der Waals surface area contributed by atoms with Crippen molar-refractivity contribution in [1.29, 1.82) is 0 Å². The number of benzene rings is 1. The van der Waals surface area contributed by atoms with E-state index in [4.69, 9.17) is 14.6 Å². The Labute approximate surface area is 225 Å². The molecule has 1 atom stereocenters. The predicted octanol–water partition coefficient (Wildman–Crippen LogP) is 4.27. The van der Waals surface area contributed by atoms with Crippen molar-refractivity contribution in [3.05, 3.63) is 57.9 Å². The van der Waals surface area contributed by atoms with E-state index in [0.717, 1.165) is 22.7 Å². The third-order valence-electron chi connectivity index (χ3n) is 6.58. The maximum Gasteiger partial charge on any atom is 0.242 e. The number of morpholine rings is 1. The Morgan fingerprint density at radius 2 is 1.89 bits per heavy atom. The SMILES string of the molecule is COc1ccc(-n2nc(C(C)(C)C)c3c2N(CC(=O)N2CCOCC2)C(=O)CSC3c2cccs2)cc1. The lowest BCUT2D eigenvalue weighted by atomic mass is 9.88. The van der Waals surface area contributed by atoms with Crippen LogP contribution < -0.4 is 9.64 Å². The number of thioether (sulfide) groups is 1. The number of nitrogens with zero attached hydrogens (tertiary/aromatic N) is 4. The minimum atomic E-state index is -0.287. The molecule has 0 aliphatic carbocycles. The number of anilines is 1. The van der Waals surface area contributed by atoms with Crippen LogP contribution in [0.1, 0.15) is 42.2 Å². The molecule has 1 aromatic carbocycles. The molecule has 1 unspecified atom stereocenters. The fourth-order valence-corrected chi connectivity index (χ4v) is 6.87. The lowest BCUT2D eigenvalue weighted by Gasteiger charge is -2.30. The van der Waals surface area contributed by atoms with Crippen LogP contribution in [0.2, 0.25) is 0 Å². The zero-order valence-electron chi connectivity index (χ0n) is 21.6. The highest BCUT2D eigenvalue weighted by molar-refractivity contribution is 8.00. The van der Waals surface area contributed by atoms with Crippen LogP contribution in [0.25, 0.3) is 5.69 Å². The van der Waals surface area contributed by atoms with Gasteiger partial charge in [0.1, 0.15) is 18.1 Å². The van der Waals surface area contributed by atoms with Crippen LogP contribution >= 0.6 is 23.1 Å². The van der Waals surface area contributed by atoms with Crippen molar-refractivity contribution in [1.82, 2.24) is 14.7 Å². The van der Waals surface area contributed by atoms with E-state index >= 15 is 0 Å². The van der Waals surface area contributed by atoms with Crippen LogP contribution in [-0.2, 0) is 19.7 Å². The summed E-state index contributed by atoms with van der Waals surface area (Å²) in [5, 5.41) is 7.12. The first-order valence-electron chi connectivity index (χ1n) is 12.4. The number of hydrogen-bond acceptors (Lipinski definition) is 7. The molecule has 0 spiro atoms. The average Bonchev–Trinajstić information content (AvgIpc) is 3.54. The minimum absolute atomic E-state index is 0.0328. The number of thiophene rings is 1. The van der Waals surface area contributed by atoms with Crippen molar-refractivity contribution < 1.29 is 19.1 Å². The molecule has 196 valence electrons. The molecule has 2 amide bonds. The molecular formula is C27H32N4O4S2. The monoisotopic (exact) mass is 540 g/mol. The Morgan fingerprint density at radius 3 is 2.51 bits per heavy atom. The van der Waals surface area contributed by atoms with Gasteiger partial charge in [0.2, 0.25) is 11.8 Å². The number of ether oxygens (including phenoxy) is 2. The quantitative estimate of drug-likeness (QED) is 0.481. The first kappa shape index (κ1) is 25.8. The lowest BCUT2D eigenvalue weighted by molar-refractivity contribution is -0.134. The number of methoxy groups -OCH3 is 1. The van der Waals surface area contributed by atoms with Crippen molar-refractivity contribution in [2.75, 3.05) is 50.6 Å². The summed E-state index contributed by atoms with van der Waals surface area (Å²) < 4.78 is 12.6. The summed E-state index contributed by atoms with van der Waals surface area (Å²) in [6, 6.07) is 11.8. The van der Waals surface area contributed by atoms with Gasteiger partial charge in [-0.25, -0.2) is 4.68 Å². The van der Waals surface area contributed by atoms with Gasteiger partial charge in [0.05, 0.1) is 42.7 Å². The Bertz CT molecular complexity index is 1260. The van der Waals surface area contributed by atoms with E-state index < -0.39 is 0 Å². The number of carbonyl (C=O) groups is 2. The normalized spacial score (nSPS) is 18.5. The summed E-state index contributed by atoms with van der Waals surface area (Å²) in [5.41, 5.74) is 2.44. The molecule has 10 heteroatoms. The largest absolute Gasteiger partial charge is 0.497 e. The minimum Gasteiger partial charge on any atom is -0.497 e. The highest BCUT2D eigenvalue weighted by Gasteiger charge is 2.40. The maximum atomic E-state index is 13.7. The van der Waals surface area contributed by atoms with E-state index in [9.17, 15) is 9.59 Å². The van der Waals surface area contributed by atoms with E-state index in [2.05, 4.69) is 32.2 Å². The molecule has 1 fully saturated rings. The summed E-state index contributed by atoms with van der Waals surface area (Å²) in [7, 11) is 1.63. The third-order valence-corrected chi connectivity index (χ3v) is 8.90. The topological polar surface area (TPSA) is 76.9 Å². The molecular weight excluding hydrogens is 508 g/mol. The molecule has 37 heavy (non-hydrogen) atoms. The van der Waals surface area contributed by atoms with Crippen molar-refractivity contribution in [3.8, 4) is 11.4 Å². The number of amides is 2. The van der Waals surface area contributed by atoms with Crippen molar-refractivity contribution >= 4 is 40.7 Å². The summed E-state index contributed by atoms with van der Waals surface area (Å²) >= 11 is 3.28. The second-order valence-corrected chi connectivity index (χ2v) is 12.2. The van der Waals surface area contributed by atoms with Gasteiger partial charge in [0.15, 0.2) is 0 Å². The van der Waals surface area contributed by atoms with Crippen LogP contribution in [0.5, 0.6) is 5.75 Å². The smallest absolute Gasteiger partial charge is 0.242 e. The van der Waals surface area contributed by atoms with Crippen LogP contribution in [0, 0.1) is 0 Å². The van der Waals surface area contributed by atoms with Gasteiger partial charge >= 0.3 is 0 Å². The molecule has 2 aliphatic rings. The van der Waals surface area contributed by atoms with Crippen LogP contribution in [0.4, 0.5) is 5.82 Å². The van der Waals surface area contributed by atoms with Crippen LogP contribution in [-0.4, -0.2) is 72.2 Å². The molecule has 5 rings (SSSR count). The Kier molecular flexibility index (Phi) is 7.33. The molecule has 3 aromatic rings. The predicted molar refractivity (Wildman–Crippen MR) is 147 cm³/mol. The summed E-state index contributed by atoms with van der Waals surface area (Å²) in [6.07, 6.45) is 0. The van der Waals surface area contributed by atoms with Gasteiger partial charge in [-0.1, -0.05) is 26.8 Å². The van der Waals surface area contributed by atoms with E-state index in [1.807, 2.05) is 35.0 Å². The van der Waals surface area contributed by atoms with E-state index in [1.165, 1.54) is 4.88 Å². The molecule has 4 heterocycles. The summed E-state index contributed by atoms with van der Waals surface area (Å²) in [4.78, 5) is 31.7. The molecule has 0 bridgehead atoms. The van der Waals surface area contributed by atoms with Gasteiger partial charge in [0.25, 0.3) is 0 Å². The van der Waals surface area contributed by atoms with Gasteiger partial charge in [-0.05, 0) is 35.7 Å². The van der Waals surface area contributed by atoms with Crippen molar-refractivity contribution in [2.45, 2.75) is 31.4 Å². The molecule has 1 saturated heterocycles. The van der Waals surface area contributed by atoms with Crippen LogP contribution in [0.3, 0.4) is 0 Å². The van der Waals surface area contributed by atoms with Crippen molar-refractivity contribution in [2.24, 2.45) is 0 Å². The Balaban J connectivity index is 1.70. The Morgan fingerprint density at radius 1 is 1.16 bits per heavy atom. The second kappa shape index (κ2) is 10.5. The van der Waals surface area contributed by atoms with Gasteiger partial charge in [0, 0.05) is 28.9 Å². The fraction of sp³-hybridized carbons (Fsp3) is 0.444. The van der Waals surface area contributed by atoms with Gasteiger partial charge < -0.3 is 14.4 Å². The van der Waals surface area contributed by atoms with E-state index in [-0.39, 0.29) is 34.8 Å². The van der Waals surface area contributed by atoms with E-state index in [0.29, 0.717) is 32.1 Å².